The first-order valence-electron chi connectivity index (χ1n) is 11.3. The summed E-state index contributed by atoms with van der Waals surface area (Å²) in [5.41, 5.74) is 4.36. The van der Waals surface area contributed by atoms with E-state index in [9.17, 15) is 4.79 Å². The molecule has 2 aromatic heterocycles. The molecule has 0 radical (unpaired) electrons. The van der Waals surface area contributed by atoms with Gasteiger partial charge in [0.05, 0.1) is 5.56 Å². The predicted molar refractivity (Wildman–Crippen MR) is 126 cm³/mol. The lowest BCUT2D eigenvalue weighted by Gasteiger charge is -2.33. The molecule has 6 nitrogen and oxygen atoms in total. The van der Waals surface area contributed by atoms with Crippen LogP contribution in [0.5, 0.6) is 0 Å². The van der Waals surface area contributed by atoms with Crippen LogP contribution in [0.2, 0.25) is 0 Å². The zero-order valence-corrected chi connectivity index (χ0v) is 18.5. The lowest BCUT2D eigenvalue weighted by molar-refractivity contribution is 0.0667. The first-order chi connectivity index (χ1) is 15.7. The normalized spacial score (nSPS) is 16.7. The van der Waals surface area contributed by atoms with E-state index in [0.29, 0.717) is 12.1 Å². The maximum atomic E-state index is 13.5. The third-order valence-electron chi connectivity index (χ3n) is 6.63. The SMILES string of the molecule is CN1CCN(c2ccc(CN(C(=O)c3cccnc3)C3Cc4ccccc4C3)cn2)CC1. The van der Waals surface area contributed by atoms with Gasteiger partial charge in [-0.25, -0.2) is 4.98 Å². The zero-order chi connectivity index (χ0) is 21.9. The Balaban J connectivity index is 1.36. The summed E-state index contributed by atoms with van der Waals surface area (Å²) in [6.07, 6.45) is 7.06. The van der Waals surface area contributed by atoms with Crippen LogP contribution in [0.4, 0.5) is 5.82 Å². The molecule has 0 spiro atoms. The summed E-state index contributed by atoms with van der Waals surface area (Å²) in [4.78, 5) is 29.1. The maximum Gasteiger partial charge on any atom is 0.255 e. The molecule has 0 atom stereocenters. The van der Waals surface area contributed by atoms with Gasteiger partial charge in [-0.3, -0.25) is 9.78 Å². The van der Waals surface area contributed by atoms with E-state index in [1.807, 2.05) is 23.2 Å². The second-order valence-corrected chi connectivity index (χ2v) is 8.82. The number of anilines is 1. The van der Waals surface area contributed by atoms with Crippen molar-refractivity contribution in [3.05, 3.63) is 89.4 Å². The van der Waals surface area contributed by atoms with Crippen LogP contribution in [0.3, 0.4) is 0 Å². The molecule has 1 fully saturated rings. The van der Waals surface area contributed by atoms with Gasteiger partial charge in [-0.15, -0.1) is 0 Å². The number of hydrogen-bond donors (Lipinski definition) is 0. The number of aromatic nitrogens is 2. The molecule has 0 saturated carbocycles. The summed E-state index contributed by atoms with van der Waals surface area (Å²) in [5.74, 6) is 1.04. The highest BCUT2D eigenvalue weighted by Crippen LogP contribution is 2.28. The van der Waals surface area contributed by atoms with Gasteiger partial charge in [0.1, 0.15) is 5.82 Å². The van der Waals surface area contributed by atoms with E-state index in [2.05, 4.69) is 58.2 Å². The Morgan fingerprint density at radius 1 is 0.969 bits per heavy atom. The van der Waals surface area contributed by atoms with Crippen LogP contribution in [-0.4, -0.2) is 64.9 Å². The van der Waals surface area contributed by atoms with Crippen LogP contribution in [-0.2, 0) is 19.4 Å². The Morgan fingerprint density at radius 2 is 1.72 bits per heavy atom. The Bertz CT molecular complexity index is 1040. The summed E-state index contributed by atoms with van der Waals surface area (Å²) >= 11 is 0. The molecule has 0 unspecified atom stereocenters. The minimum Gasteiger partial charge on any atom is -0.354 e. The molecule has 0 bridgehead atoms. The molecule has 1 aliphatic carbocycles. The summed E-state index contributed by atoms with van der Waals surface area (Å²) in [6, 6.07) is 16.5. The number of carbonyl (C=O) groups excluding carboxylic acids is 1. The van der Waals surface area contributed by atoms with Gasteiger partial charge in [0.25, 0.3) is 5.91 Å². The van der Waals surface area contributed by atoms with Crippen molar-refractivity contribution in [1.82, 2.24) is 19.8 Å². The van der Waals surface area contributed by atoms with E-state index in [1.165, 1.54) is 11.1 Å². The molecular weight excluding hydrogens is 398 g/mol. The van der Waals surface area contributed by atoms with Crippen molar-refractivity contribution in [2.24, 2.45) is 0 Å². The molecular formula is C26H29N5O. The molecule has 1 aromatic carbocycles. The number of piperazine rings is 1. The maximum absolute atomic E-state index is 13.5. The molecule has 3 heterocycles. The Morgan fingerprint density at radius 3 is 2.34 bits per heavy atom. The van der Waals surface area contributed by atoms with Crippen LogP contribution in [0.25, 0.3) is 0 Å². The summed E-state index contributed by atoms with van der Waals surface area (Å²) in [6.45, 7) is 4.64. The van der Waals surface area contributed by atoms with E-state index in [4.69, 9.17) is 4.98 Å². The number of hydrogen-bond acceptors (Lipinski definition) is 5. The number of likely N-dealkylation sites (N-methyl/N-ethyl adjacent to an activating group) is 1. The van der Waals surface area contributed by atoms with E-state index in [0.717, 1.165) is 50.4 Å². The van der Waals surface area contributed by atoms with Gasteiger partial charge in [-0.1, -0.05) is 30.3 Å². The number of carbonyl (C=O) groups is 1. The number of rotatable bonds is 5. The van der Waals surface area contributed by atoms with Crippen LogP contribution in [0.15, 0.2) is 67.1 Å². The highest BCUT2D eigenvalue weighted by molar-refractivity contribution is 5.94. The van der Waals surface area contributed by atoms with E-state index >= 15 is 0 Å². The zero-order valence-electron chi connectivity index (χ0n) is 18.5. The lowest BCUT2D eigenvalue weighted by atomic mass is 10.1. The molecule has 164 valence electrons. The Hall–Kier alpha value is -3.25. The average Bonchev–Trinajstić information content (AvgIpc) is 3.28. The van der Waals surface area contributed by atoms with E-state index in [1.54, 1.807) is 12.4 Å². The predicted octanol–water partition coefficient (Wildman–Crippen LogP) is 3.04. The van der Waals surface area contributed by atoms with Gasteiger partial charge in [-0.05, 0) is 54.8 Å². The highest BCUT2D eigenvalue weighted by atomic mass is 16.2. The number of fused-ring (bicyclic) bond motifs is 1. The van der Waals surface area contributed by atoms with Crippen molar-refractivity contribution in [3.63, 3.8) is 0 Å². The number of amides is 1. The smallest absolute Gasteiger partial charge is 0.255 e. The molecule has 0 N–H and O–H groups in total. The summed E-state index contributed by atoms with van der Waals surface area (Å²) < 4.78 is 0. The minimum absolute atomic E-state index is 0.0269. The molecule has 1 amide bonds. The Labute approximate surface area is 189 Å². The van der Waals surface area contributed by atoms with Crippen molar-refractivity contribution >= 4 is 11.7 Å². The fourth-order valence-corrected chi connectivity index (χ4v) is 4.71. The molecule has 3 aromatic rings. The van der Waals surface area contributed by atoms with Gasteiger partial charge in [0.15, 0.2) is 0 Å². The van der Waals surface area contributed by atoms with Crippen molar-refractivity contribution in [2.75, 3.05) is 38.1 Å². The third-order valence-corrected chi connectivity index (χ3v) is 6.63. The van der Waals surface area contributed by atoms with Gasteiger partial charge in [0, 0.05) is 57.4 Å². The van der Waals surface area contributed by atoms with Crippen LogP contribution >= 0.6 is 0 Å². The van der Waals surface area contributed by atoms with E-state index in [-0.39, 0.29) is 11.9 Å². The number of nitrogens with zero attached hydrogens (tertiary/aromatic N) is 5. The topological polar surface area (TPSA) is 52.6 Å². The van der Waals surface area contributed by atoms with Gasteiger partial charge >= 0.3 is 0 Å². The van der Waals surface area contributed by atoms with Crippen molar-refractivity contribution in [2.45, 2.75) is 25.4 Å². The first kappa shape index (κ1) is 20.6. The monoisotopic (exact) mass is 427 g/mol. The quantitative estimate of drug-likeness (QED) is 0.627. The van der Waals surface area contributed by atoms with Crippen molar-refractivity contribution < 1.29 is 4.79 Å². The molecule has 6 heteroatoms. The molecule has 5 rings (SSSR count). The van der Waals surface area contributed by atoms with Gasteiger partial charge in [-0.2, -0.15) is 0 Å². The number of pyridine rings is 2. The first-order valence-corrected chi connectivity index (χ1v) is 11.3. The fourth-order valence-electron chi connectivity index (χ4n) is 4.71. The van der Waals surface area contributed by atoms with Crippen molar-refractivity contribution in [3.8, 4) is 0 Å². The van der Waals surface area contributed by atoms with Crippen molar-refractivity contribution in [1.29, 1.82) is 0 Å². The average molecular weight is 428 g/mol. The molecule has 1 saturated heterocycles. The standard InChI is InChI=1S/C26H29N5O/c1-29-11-13-30(14-12-29)25-9-8-20(17-28-25)19-31(26(32)23-7-4-10-27-18-23)24-15-21-5-2-3-6-22(21)16-24/h2-10,17-18,24H,11-16,19H2,1H3. The van der Waals surface area contributed by atoms with Gasteiger partial charge in [0.2, 0.25) is 0 Å². The second kappa shape index (κ2) is 9.09. The highest BCUT2D eigenvalue weighted by Gasteiger charge is 2.30. The van der Waals surface area contributed by atoms with Crippen LogP contribution in [0, 0.1) is 0 Å². The second-order valence-electron chi connectivity index (χ2n) is 8.82. The number of benzene rings is 1. The minimum atomic E-state index is 0.0269. The van der Waals surface area contributed by atoms with Gasteiger partial charge < -0.3 is 14.7 Å². The summed E-state index contributed by atoms with van der Waals surface area (Å²) in [7, 11) is 2.16. The largest absolute Gasteiger partial charge is 0.354 e. The molecule has 32 heavy (non-hydrogen) atoms. The van der Waals surface area contributed by atoms with Crippen LogP contribution < -0.4 is 4.90 Å². The van der Waals surface area contributed by atoms with E-state index < -0.39 is 0 Å². The van der Waals surface area contributed by atoms with Crippen LogP contribution in [0.1, 0.15) is 27.0 Å². The fraction of sp³-hybridized carbons (Fsp3) is 0.346. The lowest BCUT2D eigenvalue weighted by Crippen LogP contribution is -2.44. The summed E-state index contributed by atoms with van der Waals surface area (Å²) in [5, 5.41) is 0. The molecule has 1 aliphatic heterocycles. The Kier molecular flexibility index (Phi) is 5.86. The molecule has 2 aliphatic rings. The third kappa shape index (κ3) is 4.36.